The summed E-state index contributed by atoms with van der Waals surface area (Å²) < 4.78 is 41.7. The molecule has 1 amide bonds. The number of nitrogens with zero attached hydrogens (tertiary/aromatic N) is 4. The molecule has 1 saturated heterocycles. The molecule has 152 valence electrons. The monoisotopic (exact) mass is 403 g/mol. The molecular formula is C20H20F3N5O. The molecule has 0 bridgehead atoms. The van der Waals surface area contributed by atoms with E-state index in [0.717, 1.165) is 6.07 Å². The van der Waals surface area contributed by atoms with Gasteiger partial charge in [-0.15, -0.1) is 10.2 Å². The number of carbonyl (C=O) groups is 1. The molecule has 2 aromatic heterocycles. The maximum absolute atomic E-state index is 13.3. The van der Waals surface area contributed by atoms with Crippen molar-refractivity contribution in [2.75, 3.05) is 13.1 Å². The van der Waals surface area contributed by atoms with Crippen LogP contribution in [0.2, 0.25) is 0 Å². The molecule has 3 heterocycles. The van der Waals surface area contributed by atoms with Crippen LogP contribution in [0.1, 0.15) is 46.1 Å². The molecule has 1 aliphatic rings. The third-order valence-electron chi connectivity index (χ3n) is 5.42. The van der Waals surface area contributed by atoms with Crippen molar-refractivity contribution in [1.82, 2.24) is 19.5 Å². The van der Waals surface area contributed by atoms with Gasteiger partial charge in [0.1, 0.15) is 0 Å². The van der Waals surface area contributed by atoms with Crippen molar-refractivity contribution < 1.29 is 18.0 Å². The number of rotatable bonds is 4. The molecule has 1 fully saturated rings. The van der Waals surface area contributed by atoms with Gasteiger partial charge in [0.25, 0.3) is 0 Å². The van der Waals surface area contributed by atoms with Gasteiger partial charge in [-0.25, -0.2) is 0 Å². The Morgan fingerprint density at radius 1 is 1.10 bits per heavy atom. The zero-order valence-corrected chi connectivity index (χ0v) is 15.6. The molecule has 2 N–H and O–H groups in total. The van der Waals surface area contributed by atoms with E-state index in [0.29, 0.717) is 55.1 Å². The predicted molar refractivity (Wildman–Crippen MR) is 100 cm³/mol. The number of likely N-dealkylation sites (tertiary alicyclic amines) is 1. The summed E-state index contributed by atoms with van der Waals surface area (Å²) in [5, 5.41) is 8.28. The Balaban J connectivity index is 1.47. The maximum atomic E-state index is 13.3. The molecule has 0 radical (unpaired) electrons. The third kappa shape index (κ3) is 3.95. The highest BCUT2D eigenvalue weighted by atomic mass is 19.4. The average molecular weight is 403 g/mol. The topological polar surface area (TPSA) is 76.5 Å². The van der Waals surface area contributed by atoms with Crippen molar-refractivity contribution in [1.29, 1.82) is 0 Å². The minimum Gasteiger partial charge on any atom is -0.366 e. The van der Waals surface area contributed by atoms with Crippen LogP contribution in [0.15, 0.2) is 42.6 Å². The first-order valence-electron chi connectivity index (χ1n) is 9.35. The van der Waals surface area contributed by atoms with Crippen molar-refractivity contribution in [3.63, 3.8) is 0 Å². The quantitative estimate of drug-likeness (QED) is 0.726. The van der Waals surface area contributed by atoms with Crippen LogP contribution in [0.25, 0.3) is 5.65 Å². The first kappa shape index (κ1) is 19.4. The van der Waals surface area contributed by atoms with Crippen LogP contribution in [-0.2, 0) is 12.7 Å². The fourth-order valence-corrected chi connectivity index (χ4v) is 3.91. The van der Waals surface area contributed by atoms with Crippen molar-refractivity contribution >= 4 is 11.6 Å². The van der Waals surface area contributed by atoms with Crippen LogP contribution in [-0.4, -0.2) is 38.5 Å². The molecule has 0 spiro atoms. The average Bonchev–Trinajstić information content (AvgIpc) is 3.10. The number of pyridine rings is 1. The van der Waals surface area contributed by atoms with Crippen LogP contribution < -0.4 is 5.73 Å². The molecule has 3 aromatic rings. The summed E-state index contributed by atoms with van der Waals surface area (Å²) in [6, 6.07) is 9.10. The molecule has 1 aliphatic heterocycles. The number of nitrogens with two attached hydrogens (primary N) is 1. The largest absolute Gasteiger partial charge is 0.416 e. The number of hydrogen-bond acceptors (Lipinski definition) is 4. The first-order chi connectivity index (χ1) is 13.8. The molecular weight excluding hydrogens is 383 g/mol. The Bertz CT molecular complexity index is 1040. The Labute approximate surface area is 165 Å². The number of aromatic nitrogens is 3. The van der Waals surface area contributed by atoms with E-state index in [1.165, 1.54) is 6.07 Å². The lowest BCUT2D eigenvalue weighted by Crippen LogP contribution is -2.33. The number of amides is 1. The Hall–Kier alpha value is -2.94. The molecule has 1 aromatic carbocycles. The van der Waals surface area contributed by atoms with E-state index in [9.17, 15) is 18.0 Å². The van der Waals surface area contributed by atoms with Gasteiger partial charge in [0, 0.05) is 6.20 Å². The van der Waals surface area contributed by atoms with Crippen LogP contribution in [0, 0.1) is 0 Å². The summed E-state index contributed by atoms with van der Waals surface area (Å²) in [6.45, 7) is 1.81. The standard InChI is InChI=1S/C20H20F3N5O/c21-20(22,23)16-4-2-1-3-15(16)13-7-9-27(10-8-13)12-18-26-25-17-6-5-14(19(24)29)11-28(17)18/h1-6,11,13H,7-10,12H2,(H2,24,29). The smallest absolute Gasteiger partial charge is 0.366 e. The zero-order chi connectivity index (χ0) is 20.6. The van der Waals surface area contributed by atoms with Crippen LogP contribution in [0.4, 0.5) is 13.2 Å². The van der Waals surface area contributed by atoms with Gasteiger partial charge in [-0.1, -0.05) is 18.2 Å². The van der Waals surface area contributed by atoms with Crippen LogP contribution >= 0.6 is 0 Å². The number of alkyl halides is 3. The highest BCUT2D eigenvalue weighted by Gasteiger charge is 2.35. The second kappa shape index (κ2) is 7.47. The van der Waals surface area contributed by atoms with Gasteiger partial charge >= 0.3 is 6.18 Å². The molecule has 0 atom stereocenters. The number of piperidine rings is 1. The lowest BCUT2D eigenvalue weighted by molar-refractivity contribution is -0.138. The van der Waals surface area contributed by atoms with Crippen molar-refractivity contribution in [2.24, 2.45) is 5.73 Å². The lowest BCUT2D eigenvalue weighted by Gasteiger charge is -2.32. The summed E-state index contributed by atoms with van der Waals surface area (Å²) in [7, 11) is 0. The molecule has 0 unspecified atom stereocenters. The van der Waals surface area contributed by atoms with Gasteiger partial charge < -0.3 is 5.73 Å². The van der Waals surface area contributed by atoms with E-state index in [4.69, 9.17) is 5.73 Å². The highest BCUT2D eigenvalue weighted by Crippen LogP contribution is 2.38. The fourth-order valence-electron chi connectivity index (χ4n) is 3.91. The lowest BCUT2D eigenvalue weighted by atomic mass is 9.86. The number of primary amides is 1. The number of halogens is 3. The normalized spacial score (nSPS) is 16.4. The summed E-state index contributed by atoms with van der Waals surface area (Å²) in [4.78, 5) is 13.6. The van der Waals surface area contributed by atoms with E-state index in [1.54, 1.807) is 34.9 Å². The number of hydrogen-bond donors (Lipinski definition) is 1. The molecule has 0 aliphatic carbocycles. The van der Waals surface area contributed by atoms with Gasteiger partial charge in [-0.05, 0) is 55.6 Å². The molecule has 29 heavy (non-hydrogen) atoms. The zero-order valence-electron chi connectivity index (χ0n) is 15.6. The van der Waals surface area contributed by atoms with Gasteiger partial charge in [-0.3, -0.25) is 14.1 Å². The Morgan fingerprint density at radius 3 is 2.52 bits per heavy atom. The van der Waals surface area contributed by atoms with Gasteiger partial charge in [0.2, 0.25) is 5.91 Å². The van der Waals surface area contributed by atoms with E-state index in [-0.39, 0.29) is 5.92 Å². The SMILES string of the molecule is NC(=O)c1ccc2nnc(CN3CCC(c4ccccc4C(F)(F)F)CC3)n2c1. The van der Waals surface area contributed by atoms with Crippen LogP contribution in [0.5, 0.6) is 0 Å². The van der Waals surface area contributed by atoms with E-state index < -0.39 is 17.6 Å². The molecule has 0 saturated carbocycles. The Morgan fingerprint density at radius 2 is 1.83 bits per heavy atom. The molecule has 9 heteroatoms. The molecule has 4 rings (SSSR count). The number of benzene rings is 1. The minimum atomic E-state index is -4.34. The second-order valence-electron chi connectivity index (χ2n) is 7.26. The summed E-state index contributed by atoms with van der Waals surface area (Å²) in [5.41, 5.74) is 6.14. The van der Waals surface area contributed by atoms with E-state index >= 15 is 0 Å². The van der Waals surface area contributed by atoms with Gasteiger partial charge in [0.15, 0.2) is 11.5 Å². The fraction of sp³-hybridized carbons (Fsp3) is 0.350. The second-order valence-corrected chi connectivity index (χ2v) is 7.26. The Kier molecular flexibility index (Phi) is 4.99. The van der Waals surface area contributed by atoms with Crippen molar-refractivity contribution in [3.8, 4) is 0 Å². The van der Waals surface area contributed by atoms with Gasteiger partial charge in [-0.2, -0.15) is 13.2 Å². The minimum absolute atomic E-state index is 0.124. The van der Waals surface area contributed by atoms with Crippen molar-refractivity contribution in [2.45, 2.75) is 31.5 Å². The summed E-state index contributed by atoms with van der Waals surface area (Å²) in [5.74, 6) is 0.00798. The highest BCUT2D eigenvalue weighted by molar-refractivity contribution is 5.92. The van der Waals surface area contributed by atoms with Gasteiger partial charge in [0.05, 0.1) is 17.7 Å². The third-order valence-corrected chi connectivity index (χ3v) is 5.42. The van der Waals surface area contributed by atoms with E-state index in [1.807, 2.05) is 0 Å². The number of carbonyl (C=O) groups excluding carboxylic acids is 1. The summed E-state index contributed by atoms with van der Waals surface area (Å²) >= 11 is 0. The molecule has 6 nitrogen and oxygen atoms in total. The van der Waals surface area contributed by atoms with Crippen LogP contribution in [0.3, 0.4) is 0 Å². The van der Waals surface area contributed by atoms with E-state index in [2.05, 4.69) is 15.1 Å². The first-order valence-corrected chi connectivity index (χ1v) is 9.35. The maximum Gasteiger partial charge on any atom is 0.416 e. The summed E-state index contributed by atoms with van der Waals surface area (Å²) in [6.07, 6.45) is -1.46. The van der Waals surface area contributed by atoms with Crippen molar-refractivity contribution in [3.05, 3.63) is 65.1 Å². The predicted octanol–water partition coefficient (Wildman–Crippen LogP) is 3.23. The number of fused-ring (bicyclic) bond motifs is 1.